The van der Waals surface area contributed by atoms with E-state index in [1.54, 1.807) is 21.1 Å². The summed E-state index contributed by atoms with van der Waals surface area (Å²) >= 11 is 0. The Morgan fingerprint density at radius 2 is 1.82 bits per heavy atom. The molecule has 0 aliphatic rings. The first kappa shape index (κ1) is 13.8. The van der Waals surface area contributed by atoms with E-state index in [0.717, 1.165) is 22.6 Å². The molecule has 17 heavy (non-hydrogen) atoms. The number of nitrogens with one attached hydrogen (secondary N) is 1. The predicted octanol–water partition coefficient (Wildman–Crippen LogP) is 1.48. The smallest absolute Gasteiger partial charge is 0.161 e. The van der Waals surface area contributed by atoms with Crippen LogP contribution in [0.1, 0.15) is 18.1 Å². The van der Waals surface area contributed by atoms with Gasteiger partial charge >= 0.3 is 0 Å². The first-order valence-electron chi connectivity index (χ1n) is 5.68. The van der Waals surface area contributed by atoms with Crippen LogP contribution in [0.3, 0.4) is 0 Å². The average Bonchev–Trinajstić information content (AvgIpc) is 2.30. The number of ether oxygens (including phenoxy) is 2. The number of aliphatic hydroxyl groups excluding tert-OH is 1. The Bertz CT molecular complexity index is 364. The minimum atomic E-state index is -0.338. The van der Waals surface area contributed by atoms with E-state index >= 15 is 0 Å². The number of rotatable bonds is 6. The Kier molecular flexibility index (Phi) is 5.25. The lowest BCUT2D eigenvalue weighted by Gasteiger charge is -2.13. The molecule has 0 bridgehead atoms. The van der Waals surface area contributed by atoms with E-state index in [0.29, 0.717) is 13.1 Å². The summed E-state index contributed by atoms with van der Waals surface area (Å²) in [5, 5.41) is 12.4. The van der Waals surface area contributed by atoms with Crippen LogP contribution in [0.2, 0.25) is 0 Å². The van der Waals surface area contributed by atoms with Gasteiger partial charge < -0.3 is 19.9 Å². The standard InChI is InChI=1S/C13H21NO3/c1-9-5-12(16-3)13(17-4)6-11(9)8-14-7-10(2)15/h5-6,10,14-15H,7-8H2,1-4H3. The van der Waals surface area contributed by atoms with Gasteiger partial charge in [0.25, 0.3) is 0 Å². The Morgan fingerprint density at radius 1 is 1.24 bits per heavy atom. The van der Waals surface area contributed by atoms with E-state index < -0.39 is 0 Å². The second-order valence-electron chi connectivity index (χ2n) is 4.11. The molecular weight excluding hydrogens is 218 g/mol. The van der Waals surface area contributed by atoms with Crippen LogP contribution in [0, 0.1) is 6.92 Å². The van der Waals surface area contributed by atoms with Crippen LogP contribution in [0.25, 0.3) is 0 Å². The lowest BCUT2D eigenvalue weighted by atomic mass is 10.1. The van der Waals surface area contributed by atoms with Crippen molar-refractivity contribution in [1.29, 1.82) is 0 Å². The van der Waals surface area contributed by atoms with E-state index in [2.05, 4.69) is 5.32 Å². The van der Waals surface area contributed by atoms with E-state index in [1.807, 2.05) is 19.1 Å². The van der Waals surface area contributed by atoms with Crippen molar-refractivity contribution in [2.75, 3.05) is 20.8 Å². The van der Waals surface area contributed by atoms with Crippen LogP contribution < -0.4 is 14.8 Å². The highest BCUT2D eigenvalue weighted by Gasteiger charge is 2.08. The monoisotopic (exact) mass is 239 g/mol. The molecule has 1 aromatic carbocycles. The van der Waals surface area contributed by atoms with Gasteiger partial charge in [0, 0.05) is 13.1 Å². The van der Waals surface area contributed by atoms with Gasteiger partial charge in [0.2, 0.25) is 0 Å². The predicted molar refractivity (Wildman–Crippen MR) is 67.7 cm³/mol. The number of hydrogen-bond acceptors (Lipinski definition) is 4. The normalized spacial score (nSPS) is 12.3. The highest BCUT2D eigenvalue weighted by atomic mass is 16.5. The SMILES string of the molecule is COc1cc(C)c(CNCC(C)O)cc1OC. The summed E-state index contributed by atoms with van der Waals surface area (Å²) in [6, 6.07) is 3.92. The summed E-state index contributed by atoms with van der Waals surface area (Å²) in [6.07, 6.45) is -0.338. The van der Waals surface area contributed by atoms with Gasteiger partial charge in [0.15, 0.2) is 11.5 Å². The molecule has 1 atom stereocenters. The van der Waals surface area contributed by atoms with Crippen LogP contribution in [-0.4, -0.2) is 32.0 Å². The maximum absolute atomic E-state index is 9.18. The highest BCUT2D eigenvalue weighted by Crippen LogP contribution is 2.30. The maximum atomic E-state index is 9.18. The van der Waals surface area contributed by atoms with Crippen LogP contribution in [-0.2, 0) is 6.54 Å². The molecule has 0 aromatic heterocycles. The van der Waals surface area contributed by atoms with Crippen molar-refractivity contribution in [3.8, 4) is 11.5 Å². The molecule has 0 spiro atoms. The molecule has 0 saturated carbocycles. The van der Waals surface area contributed by atoms with Crippen molar-refractivity contribution in [3.63, 3.8) is 0 Å². The third kappa shape index (κ3) is 3.91. The third-order valence-electron chi connectivity index (χ3n) is 2.60. The third-order valence-corrected chi connectivity index (χ3v) is 2.60. The number of aliphatic hydroxyl groups is 1. The molecule has 0 heterocycles. The quantitative estimate of drug-likeness (QED) is 0.789. The second-order valence-corrected chi connectivity index (χ2v) is 4.11. The van der Waals surface area contributed by atoms with Crippen molar-refractivity contribution >= 4 is 0 Å². The summed E-state index contributed by atoms with van der Waals surface area (Å²) < 4.78 is 10.5. The summed E-state index contributed by atoms with van der Waals surface area (Å²) in [5.41, 5.74) is 2.28. The Morgan fingerprint density at radius 3 is 2.35 bits per heavy atom. The van der Waals surface area contributed by atoms with Crippen molar-refractivity contribution in [3.05, 3.63) is 23.3 Å². The zero-order valence-electron chi connectivity index (χ0n) is 10.9. The van der Waals surface area contributed by atoms with Crippen LogP contribution in [0.4, 0.5) is 0 Å². The van der Waals surface area contributed by atoms with Gasteiger partial charge in [-0.3, -0.25) is 0 Å². The molecule has 0 aliphatic carbocycles. The largest absolute Gasteiger partial charge is 0.493 e. The minimum Gasteiger partial charge on any atom is -0.493 e. The van der Waals surface area contributed by atoms with E-state index in [4.69, 9.17) is 9.47 Å². The summed E-state index contributed by atoms with van der Waals surface area (Å²) in [7, 11) is 3.25. The highest BCUT2D eigenvalue weighted by molar-refractivity contribution is 5.46. The first-order valence-corrected chi connectivity index (χ1v) is 5.68. The lowest BCUT2D eigenvalue weighted by molar-refractivity contribution is 0.191. The van der Waals surface area contributed by atoms with Gasteiger partial charge in [0.05, 0.1) is 20.3 Å². The maximum Gasteiger partial charge on any atom is 0.161 e. The zero-order valence-corrected chi connectivity index (χ0v) is 10.9. The van der Waals surface area contributed by atoms with Crippen LogP contribution >= 0.6 is 0 Å². The van der Waals surface area contributed by atoms with Crippen molar-refractivity contribution in [1.82, 2.24) is 5.32 Å². The first-order chi connectivity index (χ1) is 8.08. The molecule has 4 nitrogen and oxygen atoms in total. The van der Waals surface area contributed by atoms with E-state index in [-0.39, 0.29) is 6.10 Å². The molecule has 1 unspecified atom stereocenters. The molecular formula is C13H21NO3. The Balaban J connectivity index is 2.78. The van der Waals surface area contributed by atoms with Crippen molar-refractivity contribution in [2.24, 2.45) is 0 Å². The summed E-state index contributed by atoms with van der Waals surface area (Å²) in [6.45, 7) is 5.07. The Labute approximate surface area is 103 Å². The van der Waals surface area contributed by atoms with Gasteiger partial charge in [-0.05, 0) is 37.1 Å². The number of aryl methyl sites for hydroxylation is 1. The zero-order chi connectivity index (χ0) is 12.8. The van der Waals surface area contributed by atoms with Gasteiger partial charge in [0.1, 0.15) is 0 Å². The van der Waals surface area contributed by atoms with Crippen LogP contribution in [0.5, 0.6) is 11.5 Å². The second kappa shape index (κ2) is 6.47. The fraction of sp³-hybridized carbons (Fsp3) is 0.538. The van der Waals surface area contributed by atoms with Gasteiger partial charge in [-0.1, -0.05) is 0 Å². The van der Waals surface area contributed by atoms with Gasteiger partial charge in [-0.15, -0.1) is 0 Å². The van der Waals surface area contributed by atoms with Crippen molar-refractivity contribution < 1.29 is 14.6 Å². The topological polar surface area (TPSA) is 50.7 Å². The van der Waals surface area contributed by atoms with Gasteiger partial charge in [-0.2, -0.15) is 0 Å². The fourth-order valence-corrected chi connectivity index (χ4v) is 1.63. The Hall–Kier alpha value is -1.26. The molecule has 96 valence electrons. The van der Waals surface area contributed by atoms with Gasteiger partial charge in [-0.25, -0.2) is 0 Å². The number of hydrogen-bond donors (Lipinski definition) is 2. The number of benzene rings is 1. The molecule has 1 rings (SSSR count). The molecule has 0 amide bonds. The fourth-order valence-electron chi connectivity index (χ4n) is 1.63. The summed E-state index contributed by atoms with van der Waals surface area (Å²) in [4.78, 5) is 0. The molecule has 0 fully saturated rings. The molecule has 2 N–H and O–H groups in total. The molecule has 4 heteroatoms. The minimum absolute atomic E-state index is 0.338. The van der Waals surface area contributed by atoms with E-state index in [1.165, 1.54) is 0 Å². The van der Waals surface area contributed by atoms with Crippen molar-refractivity contribution in [2.45, 2.75) is 26.5 Å². The molecule has 0 radical (unpaired) electrons. The van der Waals surface area contributed by atoms with Crippen LogP contribution in [0.15, 0.2) is 12.1 Å². The molecule has 1 aromatic rings. The average molecular weight is 239 g/mol. The van der Waals surface area contributed by atoms with E-state index in [9.17, 15) is 5.11 Å². The summed E-state index contributed by atoms with van der Waals surface area (Å²) in [5.74, 6) is 1.47. The molecule has 0 aliphatic heterocycles. The number of methoxy groups -OCH3 is 2. The molecule has 0 saturated heterocycles. The lowest BCUT2D eigenvalue weighted by Crippen LogP contribution is -2.24.